The fourth-order valence-corrected chi connectivity index (χ4v) is 2.89. The number of ether oxygens (including phenoxy) is 1. The number of hydrogen-bond acceptors (Lipinski definition) is 3. The van der Waals surface area contributed by atoms with Crippen molar-refractivity contribution in [3.63, 3.8) is 0 Å². The largest absolute Gasteiger partial charge is 0.491 e. The molecule has 2 aromatic rings. The average molecular weight is 282 g/mol. The van der Waals surface area contributed by atoms with Gasteiger partial charge in [-0.1, -0.05) is 30.3 Å². The Morgan fingerprint density at radius 1 is 1.05 bits per heavy atom. The van der Waals surface area contributed by atoms with Crippen LogP contribution in [0.15, 0.2) is 48.5 Å². The highest BCUT2D eigenvalue weighted by Crippen LogP contribution is 2.26. The first-order valence-electron chi connectivity index (χ1n) is 7.65. The Labute approximate surface area is 126 Å². The molecule has 0 spiro atoms. The Morgan fingerprint density at radius 3 is 2.76 bits per heavy atom. The van der Waals surface area contributed by atoms with E-state index in [9.17, 15) is 0 Å². The molecule has 0 saturated carbocycles. The molecule has 0 fully saturated rings. The summed E-state index contributed by atoms with van der Waals surface area (Å²) < 4.78 is 5.76. The van der Waals surface area contributed by atoms with Gasteiger partial charge in [0.05, 0.1) is 12.3 Å². The molecule has 2 N–H and O–H groups in total. The highest BCUT2D eigenvalue weighted by Gasteiger charge is 2.15. The van der Waals surface area contributed by atoms with Crippen molar-refractivity contribution in [2.24, 2.45) is 0 Å². The number of rotatable bonds is 5. The molecule has 0 aliphatic carbocycles. The van der Waals surface area contributed by atoms with Gasteiger partial charge in [0.15, 0.2) is 0 Å². The molecule has 0 radical (unpaired) electrons. The number of para-hydroxylation sites is 3. The van der Waals surface area contributed by atoms with Crippen LogP contribution in [-0.2, 0) is 6.42 Å². The summed E-state index contributed by atoms with van der Waals surface area (Å²) in [6.07, 6.45) is 3.44. The van der Waals surface area contributed by atoms with Crippen molar-refractivity contribution in [1.82, 2.24) is 0 Å². The van der Waals surface area contributed by atoms with Crippen LogP contribution in [-0.4, -0.2) is 19.7 Å². The van der Waals surface area contributed by atoms with Crippen molar-refractivity contribution in [3.8, 4) is 5.75 Å². The van der Waals surface area contributed by atoms with Gasteiger partial charge in [0.2, 0.25) is 0 Å². The van der Waals surface area contributed by atoms with Gasteiger partial charge in [-0.05, 0) is 43.0 Å². The van der Waals surface area contributed by atoms with Crippen molar-refractivity contribution in [3.05, 3.63) is 54.1 Å². The lowest BCUT2D eigenvalue weighted by molar-refractivity contribution is 0.313. The Kier molecular flexibility index (Phi) is 4.29. The van der Waals surface area contributed by atoms with Crippen LogP contribution in [0.4, 0.5) is 11.4 Å². The molecule has 3 heteroatoms. The molecule has 3 rings (SSSR count). The zero-order valence-electron chi connectivity index (χ0n) is 12.3. The molecule has 0 aromatic heterocycles. The molecule has 3 nitrogen and oxygen atoms in total. The first-order chi connectivity index (χ1) is 10.3. The molecule has 1 aliphatic heterocycles. The van der Waals surface area contributed by atoms with Gasteiger partial charge >= 0.3 is 0 Å². The van der Waals surface area contributed by atoms with Gasteiger partial charge in [-0.25, -0.2) is 0 Å². The fourth-order valence-electron chi connectivity index (χ4n) is 2.89. The summed E-state index contributed by atoms with van der Waals surface area (Å²) in [6.45, 7) is 2.88. The fraction of sp³-hybridized carbons (Fsp3) is 0.333. The van der Waals surface area contributed by atoms with Crippen molar-refractivity contribution < 1.29 is 4.74 Å². The van der Waals surface area contributed by atoms with Crippen LogP contribution in [0.5, 0.6) is 5.75 Å². The van der Waals surface area contributed by atoms with E-state index < -0.39 is 0 Å². The second-order valence-electron chi connectivity index (χ2n) is 5.46. The second-order valence-corrected chi connectivity index (χ2v) is 5.46. The molecule has 0 bridgehead atoms. The topological polar surface area (TPSA) is 38.5 Å². The van der Waals surface area contributed by atoms with Crippen LogP contribution >= 0.6 is 0 Å². The number of nitrogens with zero attached hydrogens (tertiary/aromatic N) is 1. The summed E-state index contributed by atoms with van der Waals surface area (Å²) in [5.41, 5.74) is 9.44. The van der Waals surface area contributed by atoms with E-state index in [-0.39, 0.29) is 0 Å². The molecule has 2 aromatic carbocycles. The number of nitrogen functional groups attached to an aromatic ring is 1. The summed E-state index contributed by atoms with van der Waals surface area (Å²) in [5, 5.41) is 0. The summed E-state index contributed by atoms with van der Waals surface area (Å²) in [6, 6.07) is 16.4. The maximum absolute atomic E-state index is 5.87. The first kappa shape index (κ1) is 13.8. The molecule has 0 atom stereocenters. The third kappa shape index (κ3) is 3.30. The molecule has 110 valence electrons. The van der Waals surface area contributed by atoms with E-state index in [1.807, 2.05) is 24.3 Å². The van der Waals surface area contributed by atoms with Crippen LogP contribution in [0, 0.1) is 0 Å². The zero-order valence-corrected chi connectivity index (χ0v) is 12.3. The quantitative estimate of drug-likeness (QED) is 0.674. The van der Waals surface area contributed by atoms with Gasteiger partial charge in [-0.15, -0.1) is 0 Å². The summed E-state index contributed by atoms with van der Waals surface area (Å²) in [4.78, 5) is 2.47. The molecule has 21 heavy (non-hydrogen) atoms. The van der Waals surface area contributed by atoms with Gasteiger partial charge in [-0.3, -0.25) is 0 Å². The Hall–Kier alpha value is -2.16. The van der Waals surface area contributed by atoms with E-state index in [1.54, 1.807) is 0 Å². The van der Waals surface area contributed by atoms with Crippen molar-refractivity contribution in [2.45, 2.75) is 19.3 Å². The summed E-state index contributed by atoms with van der Waals surface area (Å²) in [7, 11) is 0. The summed E-state index contributed by atoms with van der Waals surface area (Å²) in [5.74, 6) is 0.788. The number of nitrogens with two attached hydrogens (primary N) is 1. The van der Waals surface area contributed by atoms with E-state index >= 15 is 0 Å². The lowest BCUT2D eigenvalue weighted by Gasteiger charge is -2.31. The second kappa shape index (κ2) is 6.53. The predicted octanol–water partition coefficient (Wildman–Crippen LogP) is 3.49. The lowest BCUT2D eigenvalue weighted by Crippen LogP contribution is -2.31. The van der Waals surface area contributed by atoms with Crippen LogP contribution in [0.25, 0.3) is 0 Å². The van der Waals surface area contributed by atoms with E-state index in [0.717, 1.165) is 25.3 Å². The lowest BCUT2D eigenvalue weighted by atomic mass is 10.0. The van der Waals surface area contributed by atoms with Crippen molar-refractivity contribution in [2.75, 3.05) is 30.3 Å². The third-order valence-corrected chi connectivity index (χ3v) is 3.96. The normalized spacial score (nSPS) is 13.8. The highest BCUT2D eigenvalue weighted by molar-refractivity contribution is 5.55. The minimum atomic E-state index is 0.701. The number of benzene rings is 2. The van der Waals surface area contributed by atoms with E-state index in [1.165, 1.54) is 24.1 Å². The maximum atomic E-state index is 5.87. The molecule has 0 saturated heterocycles. The smallest absolute Gasteiger partial charge is 0.142 e. The Morgan fingerprint density at radius 2 is 1.86 bits per heavy atom. The zero-order chi connectivity index (χ0) is 14.5. The number of aryl methyl sites for hydroxylation is 1. The van der Waals surface area contributed by atoms with Gasteiger partial charge in [0, 0.05) is 18.8 Å². The average Bonchev–Trinajstić information content (AvgIpc) is 2.53. The Balaban J connectivity index is 1.52. The van der Waals surface area contributed by atoms with Crippen LogP contribution < -0.4 is 15.4 Å². The Bertz CT molecular complexity index is 597. The molecule has 0 amide bonds. The maximum Gasteiger partial charge on any atom is 0.142 e. The monoisotopic (exact) mass is 282 g/mol. The van der Waals surface area contributed by atoms with Crippen LogP contribution in [0.2, 0.25) is 0 Å². The third-order valence-electron chi connectivity index (χ3n) is 3.96. The van der Waals surface area contributed by atoms with E-state index in [0.29, 0.717) is 12.3 Å². The number of hydrogen-bond donors (Lipinski definition) is 1. The van der Waals surface area contributed by atoms with E-state index in [4.69, 9.17) is 10.5 Å². The highest BCUT2D eigenvalue weighted by atomic mass is 16.5. The molecular formula is C18H22N2O. The minimum absolute atomic E-state index is 0.701. The van der Waals surface area contributed by atoms with E-state index in [2.05, 4.69) is 29.2 Å². The predicted molar refractivity (Wildman–Crippen MR) is 87.9 cm³/mol. The van der Waals surface area contributed by atoms with Crippen LogP contribution in [0.3, 0.4) is 0 Å². The first-order valence-corrected chi connectivity index (χ1v) is 7.65. The van der Waals surface area contributed by atoms with Gasteiger partial charge in [0.1, 0.15) is 5.75 Å². The molecule has 0 unspecified atom stereocenters. The molecule has 1 heterocycles. The van der Waals surface area contributed by atoms with Crippen molar-refractivity contribution >= 4 is 11.4 Å². The van der Waals surface area contributed by atoms with Gasteiger partial charge in [-0.2, -0.15) is 0 Å². The van der Waals surface area contributed by atoms with Crippen LogP contribution in [0.1, 0.15) is 18.4 Å². The van der Waals surface area contributed by atoms with Gasteiger partial charge < -0.3 is 15.4 Å². The summed E-state index contributed by atoms with van der Waals surface area (Å²) >= 11 is 0. The number of anilines is 2. The number of fused-ring (bicyclic) bond motifs is 1. The molecular weight excluding hydrogens is 260 g/mol. The molecule has 1 aliphatic rings. The van der Waals surface area contributed by atoms with Crippen molar-refractivity contribution in [1.29, 1.82) is 0 Å². The SMILES string of the molecule is Nc1ccccc1OCCCN1CCCc2ccccc21. The minimum Gasteiger partial charge on any atom is -0.491 e. The standard InChI is InChI=1S/C18H22N2O/c19-16-9-2-4-11-18(16)21-14-6-13-20-12-5-8-15-7-1-3-10-17(15)20/h1-4,7,9-11H,5-6,8,12-14,19H2. The van der Waals surface area contributed by atoms with Gasteiger partial charge in [0.25, 0.3) is 0 Å².